The van der Waals surface area contributed by atoms with E-state index >= 15 is 0 Å². The van der Waals surface area contributed by atoms with Crippen molar-refractivity contribution in [2.45, 2.75) is 43.2 Å². The Morgan fingerprint density at radius 2 is 1.82 bits per heavy atom. The lowest BCUT2D eigenvalue weighted by Crippen LogP contribution is -2.53. The number of aliphatic hydroxyl groups is 1. The van der Waals surface area contributed by atoms with Gasteiger partial charge in [0.2, 0.25) is 15.9 Å². The second-order valence-corrected chi connectivity index (χ2v) is 10.4. The summed E-state index contributed by atoms with van der Waals surface area (Å²) in [4.78, 5) is 20.9. The molecule has 0 spiro atoms. The molecule has 34 heavy (non-hydrogen) atoms. The largest absolute Gasteiger partial charge is 0.497 e. The van der Waals surface area contributed by atoms with E-state index in [4.69, 9.17) is 4.74 Å². The molecular formula is C24H34N4O5S. The van der Waals surface area contributed by atoms with Crippen molar-refractivity contribution in [3.63, 3.8) is 0 Å². The van der Waals surface area contributed by atoms with Gasteiger partial charge < -0.3 is 19.6 Å². The predicted octanol–water partition coefficient (Wildman–Crippen LogP) is 1.88. The van der Waals surface area contributed by atoms with E-state index in [0.717, 1.165) is 32.4 Å². The molecule has 0 saturated carbocycles. The van der Waals surface area contributed by atoms with Crippen molar-refractivity contribution in [3.05, 3.63) is 48.8 Å². The van der Waals surface area contributed by atoms with Crippen LogP contribution in [0.1, 0.15) is 26.2 Å². The van der Waals surface area contributed by atoms with Gasteiger partial charge in [-0.05, 0) is 68.5 Å². The van der Waals surface area contributed by atoms with E-state index in [1.807, 2.05) is 12.1 Å². The number of nitrogens with one attached hydrogen (secondary N) is 1. The Labute approximate surface area is 201 Å². The van der Waals surface area contributed by atoms with E-state index in [9.17, 15) is 18.3 Å². The van der Waals surface area contributed by atoms with Gasteiger partial charge in [-0.1, -0.05) is 0 Å². The summed E-state index contributed by atoms with van der Waals surface area (Å²) in [6.07, 6.45) is 5.27. The number of carbonyl (C=O) groups is 1. The first kappa shape index (κ1) is 25.9. The van der Waals surface area contributed by atoms with Gasteiger partial charge in [0.05, 0.1) is 18.1 Å². The Morgan fingerprint density at radius 1 is 1.21 bits per heavy atom. The van der Waals surface area contributed by atoms with Crippen molar-refractivity contribution in [1.82, 2.24) is 14.6 Å². The second-order valence-electron chi connectivity index (χ2n) is 8.70. The van der Waals surface area contributed by atoms with Crippen LogP contribution in [-0.4, -0.2) is 75.3 Å². The zero-order valence-corrected chi connectivity index (χ0v) is 20.7. The predicted molar refractivity (Wildman–Crippen MR) is 130 cm³/mol. The maximum Gasteiger partial charge on any atom is 0.243 e. The first-order valence-corrected chi connectivity index (χ1v) is 12.9. The molecule has 2 aromatic rings. The number of aliphatic hydroxyl groups excluding tert-OH is 1. The van der Waals surface area contributed by atoms with Crippen molar-refractivity contribution >= 4 is 21.6 Å². The molecule has 1 fully saturated rings. The van der Waals surface area contributed by atoms with Gasteiger partial charge >= 0.3 is 0 Å². The Morgan fingerprint density at radius 3 is 2.38 bits per heavy atom. The Hall–Kier alpha value is -2.69. The third-order valence-electron chi connectivity index (χ3n) is 6.29. The normalized spacial score (nSPS) is 16.6. The molecule has 186 valence electrons. The fourth-order valence-corrected chi connectivity index (χ4v) is 5.37. The number of hydrogen-bond acceptors (Lipinski definition) is 7. The van der Waals surface area contributed by atoms with Crippen molar-refractivity contribution in [2.24, 2.45) is 5.92 Å². The molecule has 0 bridgehead atoms. The Balaban J connectivity index is 1.54. The summed E-state index contributed by atoms with van der Waals surface area (Å²) in [6.45, 7) is 3.79. The summed E-state index contributed by atoms with van der Waals surface area (Å²) in [5.41, 5.74) is 1.17. The number of pyridine rings is 1. The molecule has 2 N–H and O–H groups in total. The lowest BCUT2D eigenvalue weighted by Gasteiger charge is -2.34. The van der Waals surface area contributed by atoms with Crippen LogP contribution in [0.2, 0.25) is 0 Å². The van der Waals surface area contributed by atoms with E-state index in [1.54, 1.807) is 19.4 Å². The van der Waals surface area contributed by atoms with Crippen molar-refractivity contribution in [3.8, 4) is 5.75 Å². The van der Waals surface area contributed by atoms with Gasteiger partial charge in [-0.25, -0.2) is 8.42 Å². The fraction of sp³-hybridized carbons (Fsp3) is 0.500. The number of benzene rings is 1. The van der Waals surface area contributed by atoms with Crippen LogP contribution in [0.5, 0.6) is 5.75 Å². The molecule has 2 atom stereocenters. The first-order valence-electron chi connectivity index (χ1n) is 11.5. The number of sulfonamides is 1. The summed E-state index contributed by atoms with van der Waals surface area (Å²) < 4.78 is 33.0. The molecule has 1 aliphatic heterocycles. The minimum atomic E-state index is -4.00. The number of methoxy groups -OCH3 is 1. The van der Waals surface area contributed by atoms with Gasteiger partial charge in [-0.15, -0.1) is 0 Å². The van der Waals surface area contributed by atoms with E-state index in [2.05, 4.69) is 14.6 Å². The number of carbonyl (C=O) groups excluding carboxylic acids is 1. The molecule has 1 aromatic heterocycles. The van der Waals surface area contributed by atoms with Gasteiger partial charge in [-0.2, -0.15) is 4.72 Å². The monoisotopic (exact) mass is 490 g/mol. The topological polar surface area (TPSA) is 112 Å². The Kier molecular flexibility index (Phi) is 8.87. The van der Waals surface area contributed by atoms with Crippen LogP contribution in [0.25, 0.3) is 0 Å². The second kappa shape index (κ2) is 11.6. The third kappa shape index (κ3) is 6.68. The molecule has 1 aliphatic rings. The summed E-state index contributed by atoms with van der Waals surface area (Å²) in [6, 6.07) is 8.59. The number of likely N-dealkylation sites (N-methyl/N-ethyl adjacent to an activating group) is 1. The minimum absolute atomic E-state index is 0.00430. The number of ether oxygens (including phenoxy) is 1. The number of rotatable bonds is 10. The quantitative estimate of drug-likeness (QED) is 0.523. The highest BCUT2D eigenvalue weighted by atomic mass is 32.2. The molecule has 10 heteroatoms. The van der Waals surface area contributed by atoms with E-state index < -0.39 is 28.1 Å². The molecule has 0 aliphatic carbocycles. The highest BCUT2D eigenvalue weighted by Crippen LogP contribution is 2.25. The highest BCUT2D eigenvalue weighted by molar-refractivity contribution is 7.89. The van der Waals surface area contributed by atoms with Gasteiger partial charge in [0.1, 0.15) is 11.8 Å². The molecule has 1 saturated heterocycles. The maximum absolute atomic E-state index is 13.0. The molecule has 1 amide bonds. The number of aromatic nitrogens is 1. The third-order valence-corrected chi connectivity index (χ3v) is 7.75. The minimum Gasteiger partial charge on any atom is -0.497 e. The van der Waals surface area contributed by atoms with Crippen molar-refractivity contribution in [1.29, 1.82) is 0 Å². The molecule has 2 heterocycles. The van der Waals surface area contributed by atoms with Crippen LogP contribution >= 0.6 is 0 Å². The highest BCUT2D eigenvalue weighted by Gasteiger charge is 2.32. The molecule has 1 aromatic carbocycles. The number of amides is 1. The van der Waals surface area contributed by atoms with Crippen molar-refractivity contribution in [2.75, 3.05) is 38.7 Å². The average Bonchev–Trinajstić information content (AvgIpc) is 2.86. The lowest BCUT2D eigenvalue weighted by atomic mass is 9.93. The molecular weight excluding hydrogens is 456 g/mol. The SMILES string of the molecule is COc1ccc(S(=O)(=O)NC(C(=O)N(C)CCC2CCN(c3ccncc3)CC2)C(C)O)cc1. The van der Waals surface area contributed by atoms with Crippen LogP contribution < -0.4 is 14.4 Å². The van der Waals surface area contributed by atoms with E-state index in [0.29, 0.717) is 18.2 Å². The van der Waals surface area contributed by atoms with Gasteiger partial charge in [-0.3, -0.25) is 9.78 Å². The molecule has 3 rings (SSSR count). The number of piperidine rings is 1. The molecule has 0 radical (unpaired) electrons. The van der Waals surface area contributed by atoms with Crippen LogP contribution in [0.4, 0.5) is 5.69 Å². The molecule has 9 nitrogen and oxygen atoms in total. The van der Waals surface area contributed by atoms with Crippen LogP contribution in [0.3, 0.4) is 0 Å². The zero-order chi connectivity index (χ0) is 24.7. The standard InChI is InChI=1S/C24H34N4O5S/c1-18(29)23(26-34(31,32)22-6-4-21(33-3)5-7-22)24(30)27(2)15-10-19-11-16-28(17-12-19)20-8-13-25-14-9-20/h4-9,13-14,18-19,23,26,29H,10-12,15-17H2,1-3H3. The number of anilines is 1. The lowest BCUT2D eigenvalue weighted by molar-refractivity contribution is -0.134. The van der Waals surface area contributed by atoms with Gasteiger partial charge in [0, 0.05) is 44.8 Å². The summed E-state index contributed by atoms with van der Waals surface area (Å²) in [5, 5.41) is 10.2. The van der Waals surface area contributed by atoms with E-state index in [1.165, 1.54) is 48.9 Å². The summed E-state index contributed by atoms with van der Waals surface area (Å²) in [7, 11) is -0.865. The Bertz CT molecular complexity index is 1020. The number of nitrogens with zero attached hydrogens (tertiary/aromatic N) is 3. The number of hydrogen-bond donors (Lipinski definition) is 2. The molecule has 2 unspecified atom stereocenters. The summed E-state index contributed by atoms with van der Waals surface area (Å²) >= 11 is 0. The van der Waals surface area contributed by atoms with Gasteiger partial charge in [0.15, 0.2) is 0 Å². The van der Waals surface area contributed by atoms with Crippen LogP contribution in [-0.2, 0) is 14.8 Å². The fourth-order valence-electron chi connectivity index (χ4n) is 4.10. The zero-order valence-electron chi connectivity index (χ0n) is 19.9. The summed E-state index contributed by atoms with van der Waals surface area (Å²) in [5.74, 6) is 0.545. The van der Waals surface area contributed by atoms with Gasteiger partial charge in [0.25, 0.3) is 0 Å². The smallest absolute Gasteiger partial charge is 0.243 e. The van der Waals surface area contributed by atoms with Crippen LogP contribution in [0, 0.1) is 5.92 Å². The maximum atomic E-state index is 13.0. The van der Waals surface area contributed by atoms with Crippen LogP contribution in [0.15, 0.2) is 53.7 Å². The average molecular weight is 491 g/mol. The van der Waals surface area contributed by atoms with E-state index in [-0.39, 0.29) is 4.90 Å². The van der Waals surface area contributed by atoms with Crippen molar-refractivity contribution < 1.29 is 23.1 Å². The first-order chi connectivity index (χ1) is 16.2.